The molecule has 6 nitrogen and oxygen atoms in total. The molecule has 0 aliphatic carbocycles. The van der Waals surface area contributed by atoms with Crippen molar-refractivity contribution in [1.29, 1.82) is 0 Å². The quantitative estimate of drug-likeness (QED) is 0.565. The Kier molecular flexibility index (Phi) is 7.01. The van der Waals surface area contributed by atoms with Crippen molar-refractivity contribution in [3.8, 4) is 11.3 Å². The number of nitrogens with one attached hydrogen (secondary N) is 1. The number of oxazole rings is 1. The zero-order valence-electron chi connectivity index (χ0n) is 17.3. The zero-order valence-corrected chi connectivity index (χ0v) is 17.3. The third kappa shape index (κ3) is 5.80. The van der Waals surface area contributed by atoms with E-state index >= 15 is 0 Å². The number of rotatable bonds is 9. The van der Waals surface area contributed by atoms with Crippen molar-refractivity contribution in [2.24, 2.45) is 11.7 Å². The van der Waals surface area contributed by atoms with Gasteiger partial charge in [0.25, 0.3) is 0 Å². The first-order chi connectivity index (χ1) is 14.4. The second-order valence-electron chi connectivity index (χ2n) is 7.73. The minimum atomic E-state index is -0.858. The lowest BCUT2D eigenvalue weighted by atomic mass is 10.0. The maximum Gasteiger partial charge on any atom is 0.244 e. The number of carbonyl (C=O) groups excluding carboxylic acids is 2. The summed E-state index contributed by atoms with van der Waals surface area (Å²) in [5.41, 5.74) is 8.33. The predicted molar refractivity (Wildman–Crippen MR) is 115 cm³/mol. The van der Waals surface area contributed by atoms with E-state index in [9.17, 15) is 9.59 Å². The summed E-state index contributed by atoms with van der Waals surface area (Å²) in [6.45, 7) is 4.39. The maximum absolute atomic E-state index is 12.3. The molecule has 156 valence electrons. The number of nitrogens with zero attached hydrogens (tertiary/aromatic N) is 1. The van der Waals surface area contributed by atoms with Crippen LogP contribution in [-0.2, 0) is 22.4 Å². The molecule has 0 aliphatic heterocycles. The molecule has 1 atom stereocenters. The minimum absolute atomic E-state index is 0.143. The summed E-state index contributed by atoms with van der Waals surface area (Å²) in [4.78, 5) is 28.3. The summed E-state index contributed by atoms with van der Waals surface area (Å²) in [7, 11) is 0. The van der Waals surface area contributed by atoms with E-state index in [-0.39, 0.29) is 12.3 Å². The average Bonchev–Trinajstić information content (AvgIpc) is 3.20. The first-order valence-electron chi connectivity index (χ1n) is 10.1. The van der Waals surface area contributed by atoms with Crippen LogP contribution in [0.1, 0.15) is 43.3 Å². The van der Waals surface area contributed by atoms with Crippen molar-refractivity contribution in [2.45, 2.75) is 39.2 Å². The summed E-state index contributed by atoms with van der Waals surface area (Å²) in [5.74, 6) is 0.854. The van der Waals surface area contributed by atoms with Gasteiger partial charge < -0.3 is 15.5 Å². The maximum atomic E-state index is 12.3. The lowest BCUT2D eigenvalue weighted by Crippen LogP contribution is -2.37. The van der Waals surface area contributed by atoms with E-state index in [0.717, 1.165) is 12.0 Å². The molecule has 3 N–H and O–H groups in total. The fourth-order valence-electron chi connectivity index (χ4n) is 3.25. The van der Waals surface area contributed by atoms with Crippen LogP contribution in [0.5, 0.6) is 0 Å². The lowest BCUT2D eigenvalue weighted by Gasteiger charge is -2.15. The molecule has 0 aliphatic rings. The van der Waals surface area contributed by atoms with Crippen LogP contribution in [0.15, 0.2) is 65.2 Å². The molecule has 0 saturated carbocycles. The monoisotopic (exact) mass is 405 g/mol. The molecule has 1 heterocycles. The Hall–Kier alpha value is -3.41. The predicted octanol–water partition coefficient (Wildman–Crippen LogP) is 3.82. The second kappa shape index (κ2) is 9.87. The highest BCUT2D eigenvalue weighted by molar-refractivity contribution is 5.87. The van der Waals surface area contributed by atoms with Crippen molar-refractivity contribution in [3.63, 3.8) is 0 Å². The van der Waals surface area contributed by atoms with Crippen molar-refractivity contribution < 1.29 is 14.0 Å². The summed E-state index contributed by atoms with van der Waals surface area (Å²) >= 11 is 0. The van der Waals surface area contributed by atoms with Gasteiger partial charge in [-0.15, -0.1) is 0 Å². The summed E-state index contributed by atoms with van der Waals surface area (Å²) in [6, 6.07) is 16.3. The van der Waals surface area contributed by atoms with Gasteiger partial charge in [-0.2, -0.15) is 0 Å². The van der Waals surface area contributed by atoms with Gasteiger partial charge in [-0.05, 0) is 23.5 Å². The molecule has 0 bridgehead atoms. The minimum Gasteiger partial charge on any atom is -0.441 e. The average molecular weight is 405 g/mol. The number of hydrogen-bond acceptors (Lipinski definition) is 4. The Morgan fingerprint density at radius 2 is 1.77 bits per heavy atom. The van der Waals surface area contributed by atoms with Gasteiger partial charge in [0.1, 0.15) is 6.04 Å². The number of hydrogen-bond donors (Lipinski definition) is 2. The summed E-state index contributed by atoms with van der Waals surface area (Å²) < 4.78 is 5.80. The normalized spacial score (nSPS) is 12.0. The Morgan fingerprint density at radius 3 is 2.40 bits per heavy atom. The van der Waals surface area contributed by atoms with Crippen LogP contribution in [0.2, 0.25) is 0 Å². The largest absolute Gasteiger partial charge is 0.441 e. The van der Waals surface area contributed by atoms with Crippen molar-refractivity contribution in [2.75, 3.05) is 0 Å². The highest BCUT2D eigenvalue weighted by atomic mass is 16.4. The Morgan fingerprint density at radius 1 is 1.07 bits per heavy atom. The van der Waals surface area contributed by atoms with Gasteiger partial charge in [0.15, 0.2) is 11.7 Å². The molecule has 30 heavy (non-hydrogen) atoms. The molecule has 2 aromatic carbocycles. The fourth-order valence-corrected chi connectivity index (χ4v) is 3.25. The van der Waals surface area contributed by atoms with Crippen molar-refractivity contribution >= 4 is 11.8 Å². The van der Waals surface area contributed by atoms with Gasteiger partial charge in [0, 0.05) is 18.4 Å². The van der Waals surface area contributed by atoms with Gasteiger partial charge in [0.2, 0.25) is 11.8 Å². The molecule has 6 heteroatoms. The second-order valence-corrected chi connectivity index (χ2v) is 7.73. The van der Waals surface area contributed by atoms with Gasteiger partial charge in [-0.3, -0.25) is 9.59 Å². The third-order valence-electron chi connectivity index (χ3n) is 4.72. The molecule has 2 amide bonds. The van der Waals surface area contributed by atoms with Gasteiger partial charge in [-0.25, -0.2) is 4.98 Å². The van der Waals surface area contributed by atoms with Crippen LogP contribution < -0.4 is 11.1 Å². The van der Waals surface area contributed by atoms with E-state index in [2.05, 4.69) is 36.3 Å². The highest BCUT2D eigenvalue weighted by Gasteiger charge is 2.20. The van der Waals surface area contributed by atoms with Gasteiger partial charge in [-0.1, -0.05) is 68.4 Å². The SMILES string of the molecule is CC(C)Cc1ccc(-c2cnc(CCC(=O)NC(C(N)=O)c3ccccc3)o2)cc1. The highest BCUT2D eigenvalue weighted by Crippen LogP contribution is 2.22. The molecule has 3 aromatic rings. The number of benzene rings is 2. The Bertz CT molecular complexity index is 978. The standard InChI is InChI=1S/C24H27N3O3/c1-16(2)14-17-8-10-18(11-9-17)20-15-26-22(30-20)13-12-21(28)27-23(24(25)29)19-6-4-3-5-7-19/h3-11,15-16,23H,12-14H2,1-2H3,(H2,25,29)(H,27,28). The molecule has 0 spiro atoms. The third-order valence-corrected chi connectivity index (χ3v) is 4.72. The molecular weight excluding hydrogens is 378 g/mol. The van der Waals surface area contributed by atoms with Crippen LogP contribution in [0.4, 0.5) is 0 Å². The lowest BCUT2D eigenvalue weighted by molar-refractivity contribution is -0.127. The van der Waals surface area contributed by atoms with E-state index in [4.69, 9.17) is 10.2 Å². The van der Waals surface area contributed by atoms with Gasteiger partial charge in [0.05, 0.1) is 6.20 Å². The molecule has 0 fully saturated rings. The molecule has 1 unspecified atom stereocenters. The zero-order chi connectivity index (χ0) is 21.5. The van der Waals surface area contributed by atoms with Crippen molar-refractivity contribution in [1.82, 2.24) is 10.3 Å². The van der Waals surface area contributed by atoms with Crippen LogP contribution >= 0.6 is 0 Å². The number of amides is 2. The van der Waals surface area contributed by atoms with E-state index in [1.54, 1.807) is 30.5 Å². The number of nitrogens with two attached hydrogens (primary N) is 1. The summed E-state index contributed by atoms with van der Waals surface area (Å²) in [5, 5.41) is 2.68. The number of aromatic nitrogens is 1. The topological polar surface area (TPSA) is 98.2 Å². The molecule has 3 rings (SSSR count). The van der Waals surface area contributed by atoms with E-state index in [0.29, 0.717) is 29.6 Å². The van der Waals surface area contributed by atoms with Gasteiger partial charge >= 0.3 is 0 Å². The van der Waals surface area contributed by atoms with Crippen molar-refractivity contribution in [3.05, 3.63) is 77.8 Å². The fraction of sp³-hybridized carbons (Fsp3) is 0.292. The molecule has 0 saturated heterocycles. The van der Waals surface area contributed by atoms with E-state index < -0.39 is 11.9 Å². The van der Waals surface area contributed by atoms with E-state index in [1.807, 2.05) is 18.2 Å². The van der Waals surface area contributed by atoms with E-state index in [1.165, 1.54) is 5.56 Å². The number of carbonyl (C=O) groups is 2. The first-order valence-corrected chi connectivity index (χ1v) is 10.1. The van der Waals surface area contributed by atoms with Crippen LogP contribution in [0.3, 0.4) is 0 Å². The van der Waals surface area contributed by atoms with Crippen LogP contribution in [0.25, 0.3) is 11.3 Å². The molecule has 1 aromatic heterocycles. The Labute approximate surface area is 176 Å². The van der Waals surface area contributed by atoms with Crippen LogP contribution in [-0.4, -0.2) is 16.8 Å². The smallest absolute Gasteiger partial charge is 0.244 e. The number of primary amides is 1. The first kappa shape index (κ1) is 21.3. The number of aryl methyl sites for hydroxylation is 1. The molecular formula is C24H27N3O3. The summed E-state index contributed by atoms with van der Waals surface area (Å²) in [6.07, 6.45) is 3.18. The van der Waals surface area contributed by atoms with Crippen LogP contribution in [0, 0.1) is 5.92 Å². The molecule has 0 radical (unpaired) electrons. The Balaban J connectivity index is 1.57.